The second kappa shape index (κ2) is 6.22. The number of carbonyl (C=O) groups is 1. The van der Waals surface area contributed by atoms with Crippen LogP contribution in [0.4, 0.5) is 0 Å². The molecule has 1 N–H and O–H groups in total. The maximum absolute atomic E-state index is 10.4. The molecule has 0 aliphatic heterocycles. The van der Waals surface area contributed by atoms with Crippen molar-refractivity contribution in [1.82, 2.24) is 10.1 Å². The summed E-state index contributed by atoms with van der Waals surface area (Å²) in [6.07, 6.45) is 0.830. The molecular formula is C10H16N2O4. The SMILES string of the molecule is CCOC(CC)c1noc(CCC(=O)O)n1. The molecule has 0 spiro atoms. The Balaban J connectivity index is 2.58. The lowest BCUT2D eigenvalue weighted by molar-refractivity contribution is -0.137. The number of nitrogens with zero attached hydrogens (tertiary/aromatic N) is 2. The van der Waals surface area contributed by atoms with Gasteiger partial charge in [0.05, 0.1) is 6.42 Å². The van der Waals surface area contributed by atoms with Gasteiger partial charge in [0.1, 0.15) is 6.10 Å². The minimum absolute atomic E-state index is 0.00688. The molecule has 0 saturated heterocycles. The lowest BCUT2D eigenvalue weighted by Crippen LogP contribution is -2.05. The highest BCUT2D eigenvalue weighted by Crippen LogP contribution is 2.17. The molecule has 6 nitrogen and oxygen atoms in total. The highest BCUT2D eigenvalue weighted by atomic mass is 16.5. The molecule has 16 heavy (non-hydrogen) atoms. The largest absolute Gasteiger partial charge is 0.481 e. The Kier molecular flexibility index (Phi) is 4.91. The van der Waals surface area contributed by atoms with Gasteiger partial charge in [0.2, 0.25) is 11.7 Å². The van der Waals surface area contributed by atoms with E-state index in [2.05, 4.69) is 10.1 Å². The number of aromatic nitrogens is 2. The summed E-state index contributed by atoms with van der Waals surface area (Å²) in [6, 6.07) is 0. The first-order chi connectivity index (χ1) is 7.67. The Morgan fingerprint density at radius 2 is 2.31 bits per heavy atom. The van der Waals surface area contributed by atoms with E-state index in [0.717, 1.165) is 6.42 Å². The van der Waals surface area contributed by atoms with E-state index in [-0.39, 0.29) is 18.9 Å². The molecule has 0 amide bonds. The van der Waals surface area contributed by atoms with Crippen molar-refractivity contribution < 1.29 is 19.2 Å². The third-order valence-electron chi connectivity index (χ3n) is 2.06. The van der Waals surface area contributed by atoms with E-state index in [4.69, 9.17) is 14.4 Å². The average molecular weight is 228 g/mol. The van der Waals surface area contributed by atoms with Crippen molar-refractivity contribution in [2.75, 3.05) is 6.61 Å². The van der Waals surface area contributed by atoms with Gasteiger partial charge in [-0.3, -0.25) is 4.79 Å². The summed E-state index contributed by atoms with van der Waals surface area (Å²) in [4.78, 5) is 14.5. The number of ether oxygens (including phenoxy) is 1. The van der Waals surface area contributed by atoms with Gasteiger partial charge in [0, 0.05) is 13.0 Å². The van der Waals surface area contributed by atoms with Gasteiger partial charge in [-0.1, -0.05) is 12.1 Å². The molecule has 1 unspecified atom stereocenters. The summed E-state index contributed by atoms with van der Waals surface area (Å²) in [7, 11) is 0. The molecule has 0 bridgehead atoms. The summed E-state index contributed by atoms with van der Waals surface area (Å²) in [5, 5.41) is 12.3. The van der Waals surface area contributed by atoms with Crippen LogP contribution < -0.4 is 0 Å². The number of hydrogen-bond donors (Lipinski definition) is 1. The van der Waals surface area contributed by atoms with E-state index in [1.165, 1.54) is 0 Å². The van der Waals surface area contributed by atoms with Crippen molar-refractivity contribution in [1.29, 1.82) is 0 Å². The van der Waals surface area contributed by atoms with E-state index in [1.807, 2.05) is 13.8 Å². The Morgan fingerprint density at radius 3 is 2.88 bits per heavy atom. The van der Waals surface area contributed by atoms with Crippen LogP contribution in [0.1, 0.15) is 44.5 Å². The Hall–Kier alpha value is -1.43. The van der Waals surface area contributed by atoms with Crippen molar-refractivity contribution in [2.24, 2.45) is 0 Å². The number of carboxylic acid groups (broad SMARTS) is 1. The van der Waals surface area contributed by atoms with Crippen LogP contribution in [0.3, 0.4) is 0 Å². The zero-order valence-electron chi connectivity index (χ0n) is 9.47. The summed E-state index contributed by atoms with van der Waals surface area (Å²) in [5.41, 5.74) is 0. The van der Waals surface area contributed by atoms with Gasteiger partial charge in [0.25, 0.3) is 0 Å². The summed E-state index contributed by atoms with van der Waals surface area (Å²) < 4.78 is 10.4. The average Bonchev–Trinajstić information content (AvgIpc) is 2.71. The smallest absolute Gasteiger partial charge is 0.303 e. The highest BCUT2D eigenvalue weighted by molar-refractivity contribution is 5.66. The van der Waals surface area contributed by atoms with Crippen molar-refractivity contribution in [3.8, 4) is 0 Å². The predicted molar refractivity (Wildman–Crippen MR) is 54.9 cm³/mol. The number of rotatable bonds is 7. The molecule has 6 heteroatoms. The number of hydrogen-bond acceptors (Lipinski definition) is 5. The molecule has 0 aromatic carbocycles. The topological polar surface area (TPSA) is 85.5 Å². The quantitative estimate of drug-likeness (QED) is 0.762. The first-order valence-corrected chi connectivity index (χ1v) is 5.33. The maximum Gasteiger partial charge on any atom is 0.303 e. The van der Waals surface area contributed by atoms with Crippen LogP contribution in [0.5, 0.6) is 0 Å². The van der Waals surface area contributed by atoms with Gasteiger partial charge in [-0.2, -0.15) is 4.98 Å². The first-order valence-electron chi connectivity index (χ1n) is 5.33. The molecular weight excluding hydrogens is 212 g/mol. The monoisotopic (exact) mass is 228 g/mol. The van der Waals surface area contributed by atoms with E-state index >= 15 is 0 Å². The van der Waals surface area contributed by atoms with Crippen LogP contribution in [-0.4, -0.2) is 27.8 Å². The third kappa shape index (κ3) is 3.62. The molecule has 1 aromatic heterocycles. The van der Waals surface area contributed by atoms with Crippen LogP contribution in [-0.2, 0) is 16.0 Å². The zero-order valence-corrected chi connectivity index (χ0v) is 9.47. The molecule has 1 heterocycles. The van der Waals surface area contributed by atoms with Crippen LogP contribution in [0.25, 0.3) is 0 Å². The maximum atomic E-state index is 10.4. The highest BCUT2D eigenvalue weighted by Gasteiger charge is 2.16. The third-order valence-corrected chi connectivity index (χ3v) is 2.06. The van der Waals surface area contributed by atoms with Gasteiger partial charge in [0.15, 0.2) is 0 Å². The lowest BCUT2D eigenvalue weighted by atomic mass is 10.2. The van der Waals surface area contributed by atoms with Crippen LogP contribution in [0, 0.1) is 0 Å². The van der Waals surface area contributed by atoms with E-state index in [1.54, 1.807) is 0 Å². The molecule has 0 fully saturated rings. The minimum Gasteiger partial charge on any atom is -0.481 e. The lowest BCUT2D eigenvalue weighted by Gasteiger charge is -2.09. The molecule has 0 aliphatic rings. The van der Waals surface area contributed by atoms with Crippen LogP contribution in [0.2, 0.25) is 0 Å². The van der Waals surface area contributed by atoms with E-state index in [9.17, 15) is 4.79 Å². The minimum atomic E-state index is -0.878. The summed E-state index contributed by atoms with van der Waals surface area (Å²) in [6.45, 7) is 4.44. The second-order valence-corrected chi connectivity index (χ2v) is 3.29. The summed E-state index contributed by atoms with van der Waals surface area (Å²) in [5.74, 6) is -0.0445. The standard InChI is InChI=1S/C10H16N2O4/c1-3-7(15-4-2)10-11-8(16-12-10)5-6-9(13)14/h7H,3-6H2,1-2H3,(H,13,14). The Labute approximate surface area is 93.6 Å². The van der Waals surface area contributed by atoms with Gasteiger partial charge >= 0.3 is 5.97 Å². The van der Waals surface area contributed by atoms with Gasteiger partial charge < -0.3 is 14.4 Å². The van der Waals surface area contributed by atoms with Gasteiger partial charge in [-0.15, -0.1) is 0 Å². The first kappa shape index (κ1) is 12.6. The van der Waals surface area contributed by atoms with Crippen LogP contribution in [0.15, 0.2) is 4.52 Å². The second-order valence-electron chi connectivity index (χ2n) is 3.29. The summed E-state index contributed by atoms with van der Waals surface area (Å²) >= 11 is 0. The fourth-order valence-electron chi connectivity index (χ4n) is 1.29. The molecule has 0 radical (unpaired) electrons. The number of aliphatic carboxylic acids is 1. The molecule has 1 rings (SSSR count). The number of carboxylic acids is 1. The molecule has 0 saturated carbocycles. The molecule has 1 atom stereocenters. The fraction of sp³-hybridized carbons (Fsp3) is 0.700. The van der Waals surface area contributed by atoms with Crippen LogP contribution >= 0.6 is 0 Å². The Bertz CT molecular complexity index is 337. The van der Waals surface area contributed by atoms with Gasteiger partial charge in [-0.05, 0) is 13.3 Å². The molecule has 90 valence electrons. The van der Waals surface area contributed by atoms with Crippen molar-refractivity contribution >= 4 is 5.97 Å². The predicted octanol–water partition coefficient (Wildman–Crippen LogP) is 1.57. The van der Waals surface area contributed by atoms with Gasteiger partial charge in [-0.25, -0.2) is 0 Å². The van der Waals surface area contributed by atoms with Crippen molar-refractivity contribution in [2.45, 2.75) is 39.2 Å². The normalized spacial score (nSPS) is 12.6. The Morgan fingerprint density at radius 1 is 1.56 bits per heavy atom. The zero-order chi connectivity index (χ0) is 12.0. The number of aryl methyl sites for hydroxylation is 1. The molecule has 0 aliphatic carbocycles. The van der Waals surface area contributed by atoms with E-state index in [0.29, 0.717) is 18.3 Å². The molecule has 1 aromatic rings. The van der Waals surface area contributed by atoms with Crippen molar-refractivity contribution in [3.63, 3.8) is 0 Å². The van der Waals surface area contributed by atoms with E-state index < -0.39 is 5.97 Å². The van der Waals surface area contributed by atoms with Crippen molar-refractivity contribution in [3.05, 3.63) is 11.7 Å². The fourth-order valence-corrected chi connectivity index (χ4v) is 1.29.